The van der Waals surface area contributed by atoms with Gasteiger partial charge in [-0.15, -0.1) is 10.2 Å². The van der Waals surface area contributed by atoms with Gasteiger partial charge in [0, 0.05) is 12.0 Å². The van der Waals surface area contributed by atoms with Crippen molar-refractivity contribution in [3.63, 3.8) is 0 Å². The lowest BCUT2D eigenvalue weighted by atomic mass is 9.77. The third kappa shape index (κ3) is 8.63. The SMILES string of the molecule is CC(C)COC(=O)NC(CC1CCC(c2ccc(-c3ccc(Nc4ccc(C(F)(F)F)nc4)nn3)cc2)CC1)=NO. The topological polar surface area (TPSA) is 122 Å². The van der Waals surface area contributed by atoms with E-state index in [1.165, 1.54) is 11.6 Å². The molecule has 0 saturated heterocycles. The van der Waals surface area contributed by atoms with Crippen LogP contribution in [0.2, 0.25) is 0 Å². The maximum Gasteiger partial charge on any atom is 0.433 e. The summed E-state index contributed by atoms with van der Waals surface area (Å²) < 4.78 is 43.2. The minimum absolute atomic E-state index is 0.220. The number of alkyl halides is 3. The Morgan fingerprint density at radius 1 is 1.05 bits per heavy atom. The number of nitrogens with one attached hydrogen (secondary N) is 2. The van der Waals surface area contributed by atoms with E-state index >= 15 is 0 Å². The molecule has 0 spiro atoms. The van der Waals surface area contributed by atoms with Crippen LogP contribution >= 0.6 is 0 Å². The van der Waals surface area contributed by atoms with Crippen LogP contribution in [0.5, 0.6) is 0 Å². The molecule has 3 N–H and O–H groups in total. The highest BCUT2D eigenvalue weighted by Gasteiger charge is 2.32. The van der Waals surface area contributed by atoms with Crippen LogP contribution in [0.15, 0.2) is 59.9 Å². The molecular weight excluding hydrogens is 537 g/mol. The average molecular weight is 571 g/mol. The van der Waals surface area contributed by atoms with Gasteiger partial charge in [-0.05, 0) is 73.3 Å². The predicted octanol–water partition coefficient (Wildman–Crippen LogP) is 7.13. The number of pyridine rings is 1. The van der Waals surface area contributed by atoms with Gasteiger partial charge in [0.2, 0.25) is 0 Å². The van der Waals surface area contributed by atoms with Gasteiger partial charge in [-0.1, -0.05) is 43.3 Å². The van der Waals surface area contributed by atoms with Crippen LogP contribution in [0, 0.1) is 11.8 Å². The highest BCUT2D eigenvalue weighted by atomic mass is 19.4. The quantitative estimate of drug-likeness (QED) is 0.114. The zero-order valence-corrected chi connectivity index (χ0v) is 22.9. The summed E-state index contributed by atoms with van der Waals surface area (Å²) in [5.74, 6) is 1.55. The zero-order chi connectivity index (χ0) is 29.4. The fraction of sp³-hybridized carbons (Fsp3) is 0.414. The first-order chi connectivity index (χ1) is 19.6. The standard InChI is InChI=1S/C29H33F3N6O3/c1-18(2)17-41-28(39)35-27(38-40)15-19-3-5-20(6-4-19)21-7-9-22(10-8-21)24-12-14-26(37-36-24)34-23-11-13-25(33-16-23)29(30,31)32/h7-14,16,18-20,40H,3-6,15,17H2,1-2H3,(H,34,37)(H,35,38,39). The van der Waals surface area contributed by atoms with Gasteiger partial charge < -0.3 is 15.3 Å². The van der Waals surface area contributed by atoms with Crippen LogP contribution in [0.3, 0.4) is 0 Å². The van der Waals surface area contributed by atoms with E-state index in [9.17, 15) is 23.2 Å². The third-order valence-electron chi connectivity index (χ3n) is 6.91. The van der Waals surface area contributed by atoms with E-state index in [0.717, 1.165) is 43.5 Å². The summed E-state index contributed by atoms with van der Waals surface area (Å²) in [6, 6.07) is 13.9. The van der Waals surface area contributed by atoms with Gasteiger partial charge in [0.1, 0.15) is 5.69 Å². The molecule has 1 fully saturated rings. The van der Waals surface area contributed by atoms with Gasteiger partial charge in [0.25, 0.3) is 0 Å². The van der Waals surface area contributed by atoms with E-state index in [-0.39, 0.29) is 11.8 Å². The maximum absolute atomic E-state index is 12.7. The van der Waals surface area contributed by atoms with E-state index < -0.39 is 18.0 Å². The largest absolute Gasteiger partial charge is 0.449 e. The molecule has 0 unspecified atom stereocenters. The number of anilines is 2. The fourth-order valence-corrected chi connectivity index (χ4v) is 4.75. The first-order valence-corrected chi connectivity index (χ1v) is 13.5. The summed E-state index contributed by atoms with van der Waals surface area (Å²) in [7, 11) is 0. The van der Waals surface area contributed by atoms with E-state index in [1.807, 2.05) is 26.0 Å². The molecule has 9 nitrogen and oxygen atoms in total. The Bertz CT molecular complexity index is 1310. The molecule has 3 aromatic rings. The van der Waals surface area contributed by atoms with Crippen LogP contribution < -0.4 is 10.6 Å². The lowest BCUT2D eigenvalue weighted by Crippen LogP contribution is -2.33. The molecule has 0 atom stereocenters. The number of ether oxygens (including phenoxy) is 1. The summed E-state index contributed by atoms with van der Waals surface area (Å²) in [6.07, 6.45) is 0.359. The van der Waals surface area contributed by atoms with Gasteiger partial charge in [-0.2, -0.15) is 13.2 Å². The van der Waals surface area contributed by atoms with Crippen molar-refractivity contribution in [3.8, 4) is 11.3 Å². The molecule has 0 aliphatic heterocycles. The highest BCUT2D eigenvalue weighted by Crippen LogP contribution is 2.37. The van der Waals surface area contributed by atoms with Crippen LogP contribution in [0.4, 0.5) is 29.5 Å². The highest BCUT2D eigenvalue weighted by molar-refractivity contribution is 5.95. The number of hydrogen-bond donors (Lipinski definition) is 3. The zero-order valence-electron chi connectivity index (χ0n) is 22.9. The molecule has 1 aromatic carbocycles. The molecule has 1 aliphatic rings. The number of halogens is 3. The summed E-state index contributed by atoms with van der Waals surface area (Å²) in [6.45, 7) is 4.19. The minimum atomic E-state index is -4.49. The van der Waals surface area contributed by atoms with Crippen molar-refractivity contribution in [1.82, 2.24) is 20.5 Å². The lowest BCUT2D eigenvalue weighted by Gasteiger charge is -2.29. The lowest BCUT2D eigenvalue weighted by molar-refractivity contribution is -0.141. The third-order valence-corrected chi connectivity index (χ3v) is 6.91. The molecule has 0 radical (unpaired) electrons. The van der Waals surface area contributed by atoms with Gasteiger partial charge in [-0.3, -0.25) is 5.32 Å². The Balaban J connectivity index is 1.26. The number of carbonyl (C=O) groups is 1. The second kappa shape index (κ2) is 13.4. The van der Waals surface area contributed by atoms with E-state index in [4.69, 9.17) is 4.74 Å². The Kier molecular flexibility index (Phi) is 9.74. The van der Waals surface area contributed by atoms with Crippen LogP contribution in [0.25, 0.3) is 11.3 Å². The number of nitrogens with zero attached hydrogens (tertiary/aromatic N) is 4. The normalized spacial score (nSPS) is 17.8. The molecule has 1 amide bonds. The molecule has 0 bridgehead atoms. The second-order valence-electron chi connectivity index (χ2n) is 10.6. The molecule has 2 heterocycles. The van der Waals surface area contributed by atoms with Crippen molar-refractivity contribution in [2.24, 2.45) is 17.0 Å². The molecule has 2 aromatic heterocycles. The Hall–Kier alpha value is -4.22. The van der Waals surface area contributed by atoms with Crippen molar-refractivity contribution in [2.75, 3.05) is 11.9 Å². The number of alkyl carbamates (subject to hydrolysis) is 1. The number of rotatable bonds is 8. The summed E-state index contributed by atoms with van der Waals surface area (Å²) in [5, 5.41) is 26.4. The van der Waals surface area contributed by atoms with Gasteiger partial charge in [0.05, 0.1) is 24.2 Å². The molecule has 1 aliphatic carbocycles. The van der Waals surface area contributed by atoms with Crippen molar-refractivity contribution < 1.29 is 27.9 Å². The number of benzene rings is 1. The van der Waals surface area contributed by atoms with Crippen molar-refractivity contribution in [1.29, 1.82) is 0 Å². The molecule has 218 valence electrons. The molecule has 12 heteroatoms. The number of carbonyl (C=O) groups excluding carboxylic acids is 1. The number of oxime groups is 1. The maximum atomic E-state index is 12.7. The fourth-order valence-electron chi connectivity index (χ4n) is 4.75. The van der Waals surface area contributed by atoms with Crippen molar-refractivity contribution in [3.05, 3.63) is 66.0 Å². The Labute approximate surface area is 236 Å². The second-order valence-corrected chi connectivity index (χ2v) is 10.6. The first kappa shape index (κ1) is 29.8. The molecule has 1 saturated carbocycles. The van der Waals surface area contributed by atoms with Crippen molar-refractivity contribution in [2.45, 2.75) is 58.0 Å². The van der Waals surface area contributed by atoms with Gasteiger partial charge in [-0.25, -0.2) is 9.78 Å². The molecular formula is C29H33F3N6O3. The smallest absolute Gasteiger partial charge is 0.433 e. The summed E-state index contributed by atoms with van der Waals surface area (Å²) >= 11 is 0. The monoisotopic (exact) mass is 570 g/mol. The van der Waals surface area contributed by atoms with E-state index in [1.54, 1.807) is 12.1 Å². The van der Waals surface area contributed by atoms with E-state index in [2.05, 4.69) is 43.1 Å². The average Bonchev–Trinajstić information content (AvgIpc) is 2.96. The Morgan fingerprint density at radius 3 is 2.34 bits per heavy atom. The Morgan fingerprint density at radius 2 is 1.78 bits per heavy atom. The number of amidine groups is 1. The predicted molar refractivity (Wildman–Crippen MR) is 148 cm³/mol. The minimum Gasteiger partial charge on any atom is -0.449 e. The number of hydrogen-bond acceptors (Lipinski definition) is 8. The summed E-state index contributed by atoms with van der Waals surface area (Å²) in [5.41, 5.74) is 2.22. The van der Waals surface area contributed by atoms with Crippen LogP contribution in [-0.2, 0) is 10.9 Å². The number of amides is 1. The van der Waals surface area contributed by atoms with Crippen molar-refractivity contribution >= 4 is 23.4 Å². The molecule has 4 rings (SSSR count). The van der Waals surface area contributed by atoms with Gasteiger partial charge >= 0.3 is 12.3 Å². The summed E-state index contributed by atoms with van der Waals surface area (Å²) in [4.78, 5) is 15.3. The number of aromatic nitrogens is 3. The van der Waals surface area contributed by atoms with Crippen LogP contribution in [-0.4, -0.2) is 38.9 Å². The molecule has 41 heavy (non-hydrogen) atoms. The van der Waals surface area contributed by atoms with Crippen LogP contribution in [0.1, 0.15) is 63.1 Å². The first-order valence-electron chi connectivity index (χ1n) is 13.5. The van der Waals surface area contributed by atoms with E-state index in [0.29, 0.717) is 42.1 Å². The van der Waals surface area contributed by atoms with Gasteiger partial charge in [0.15, 0.2) is 11.7 Å².